The molecule has 0 aliphatic rings. The van der Waals surface area contributed by atoms with Gasteiger partial charge in [-0.05, 0) is 12.1 Å². The van der Waals surface area contributed by atoms with E-state index in [2.05, 4.69) is 15.0 Å². The van der Waals surface area contributed by atoms with Crippen LogP contribution < -0.4 is 10.5 Å². The number of rotatable bonds is 3. The standard InChI is InChI=1S/C20H16N4O/c1-25-17-10-6-5-9-14(17)15-11-16(13-7-3-2-4-8-13)24-20-18(15)19(21)22-12-23-20/h2-12H,1H3,(H2,21,22,23,24). The average molecular weight is 328 g/mol. The number of pyridine rings is 1. The maximum Gasteiger partial charge on any atom is 0.165 e. The molecule has 0 amide bonds. The van der Waals surface area contributed by atoms with E-state index in [0.29, 0.717) is 11.5 Å². The molecule has 0 saturated carbocycles. The number of aromatic nitrogens is 3. The van der Waals surface area contributed by atoms with Crippen LogP contribution in [0.2, 0.25) is 0 Å². The number of para-hydroxylation sites is 1. The van der Waals surface area contributed by atoms with Crippen LogP contribution in [-0.4, -0.2) is 22.1 Å². The molecule has 0 saturated heterocycles. The highest BCUT2D eigenvalue weighted by atomic mass is 16.5. The highest BCUT2D eigenvalue weighted by Gasteiger charge is 2.16. The Labute approximate surface area is 145 Å². The fraction of sp³-hybridized carbons (Fsp3) is 0.0500. The van der Waals surface area contributed by atoms with E-state index in [0.717, 1.165) is 33.5 Å². The third kappa shape index (κ3) is 2.65. The first-order chi connectivity index (χ1) is 12.3. The van der Waals surface area contributed by atoms with Crippen LogP contribution >= 0.6 is 0 Å². The van der Waals surface area contributed by atoms with E-state index in [9.17, 15) is 0 Å². The number of nitrogens with zero attached hydrogens (tertiary/aromatic N) is 3. The van der Waals surface area contributed by atoms with Crippen LogP contribution in [0.3, 0.4) is 0 Å². The largest absolute Gasteiger partial charge is 0.496 e. The van der Waals surface area contributed by atoms with Crippen molar-refractivity contribution in [3.63, 3.8) is 0 Å². The molecule has 5 nitrogen and oxygen atoms in total. The van der Waals surface area contributed by atoms with Crippen LogP contribution in [0.1, 0.15) is 0 Å². The normalized spacial score (nSPS) is 10.8. The smallest absolute Gasteiger partial charge is 0.165 e. The second-order valence-electron chi connectivity index (χ2n) is 5.58. The molecule has 0 aliphatic carbocycles. The zero-order valence-corrected chi connectivity index (χ0v) is 13.7. The van der Waals surface area contributed by atoms with E-state index in [1.807, 2.05) is 60.7 Å². The van der Waals surface area contributed by atoms with Crippen LogP contribution in [0, 0.1) is 0 Å². The van der Waals surface area contributed by atoms with Crippen molar-refractivity contribution in [3.05, 3.63) is 67.0 Å². The van der Waals surface area contributed by atoms with Gasteiger partial charge in [0.2, 0.25) is 0 Å². The van der Waals surface area contributed by atoms with Crippen LogP contribution in [0.25, 0.3) is 33.4 Å². The lowest BCUT2D eigenvalue weighted by molar-refractivity contribution is 0.416. The van der Waals surface area contributed by atoms with Crippen LogP contribution in [0.15, 0.2) is 67.0 Å². The zero-order chi connectivity index (χ0) is 17.2. The molecule has 0 bridgehead atoms. The Kier molecular flexibility index (Phi) is 3.74. The van der Waals surface area contributed by atoms with E-state index in [4.69, 9.17) is 10.5 Å². The summed E-state index contributed by atoms with van der Waals surface area (Å²) in [7, 11) is 1.65. The van der Waals surface area contributed by atoms with Gasteiger partial charge in [-0.1, -0.05) is 48.5 Å². The summed E-state index contributed by atoms with van der Waals surface area (Å²) in [5, 5.41) is 0.728. The predicted molar refractivity (Wildman–Crippen MR) is 99.2 cm³/mol. The number of methoxy groups -OCH3 is 1. The highest BCUT2D eigenvalue weighted by Crippen LogP contribution is 2.37. The summed E-state index contributed by atoms with van der Waals surface area (Å²) in [6.45, 7) is 0. The van der Waals surface area contributed by atoms with Crippen molar-refractivity contribution in [2.75, 3.05) is 12.8 Å². The zero-order valence-electron chi connectivity index (χ0n) is 13.7. The molecule has 2 aromatic carbocycles. The van der Waals surface area contributed by atoms with Crippen molar-refractivity contribution < 1.29 is 4.74 Å². The van der Waals surface area contributed by atoms with Crippen molar-refractivity contribution in [1.82, 2.24) is 15.0 Å². The van der Waals surface area contributed by atoms with Crippen molar-refractivity contribution in [2.45, 2.75) is 0 Å². The van der Waals surface area contributed by atoms with E-state index in [1.54, 1.807) is 7.11 Å². The lowest BCUT2D eigenvalue weighted by Gasteiger charge is -2.13. The Balaban J connectivity index is 2.08. The van der Waals surface area contributed by atoms with E-state index in [1.165, 1.54) is 6.33 Å². The Morgan fingerprint density at radius 1 is 0.880 bits per heavy atom. The van der Waals surface area contributed by atoms with Gasteiger partial charge in [0.1, 0.15) is 17.9 Å². The molecular formula is C20H16N4O. The fourth-order valence-electron chi connectivity index (χ4n) is 2.92. The summed E-state index contributed by atoms with van der Waals surface area (Å²) in [5.41, 5.74) is 10.4. The number of fused-ring (bicyclic) bond motifs is 1. The summed E-state index contributed by atoms with van der Waals surface area (Å²) in [6, 6.07) is 19.8. The number of nitrogens with two attached hydrogens (primary N) is 1. The molecule has 5 heteroatoms. The lowest BCUT2D eigenvalue weighted by Crippen LogP contribution is -1.99. The maximum absolute atomic E-state index is 6.14. The molecule has 2 N–H and O–H groups in total. The number of ether oxygens (including phenoxy) is 1. The summed E-state index contributed by atoms with van der Waals surface area (Å²) in [6.07, 6.45) is 1.44. The van der Waals surface area contributed by atoms with Gasteiger partial charge in [-0.2, -0.15) is 0 Å². The Bertz CT molecular complexity index is 1050. The molecule has 122 valence electrons. The first-order valence-electron chi connectivity index (χ1n) is 7.88. The van der Waals surface area contributed by atoms with Crippen LogP contribution in [0.5, 0.6) is 5.75 Å². The number of benzene rings is 2. The van der Waals surface area contributed by atoms with E-state index in [-0.39, 0.29) is 0 Å². The van der Waals surface area contributed by atoms with Crippen molar-refractivity contribution in [2.24, 2.45) is 0 Å². The molecule has 0 atom stereocenters. The second kappa shape index (κ2) is 6.20. The fourth-order valence-corrected chi connectivity index (χ4v) is 2.92. The molecule has 0 fully saturated rings. The first-order valence-corrected chi connectivity index (χ1v) is 7.88. The molecule has 4 aromatic rings. The van der Waals surface area contributed by atoms with Crippen molar-refractivity contribution in [1.29, 1.82) is 0 Å². The topological polar surface area (TPSA) is 73.9 Å². The second-order valence-corrected chi connectivity index (χ2v) is 5.58. The van der Waals surface area contributed by atoms with Gasteiger partial charge in [-0.15, -0.1) is 0 Å². The third-order valence-corrected chi connectivity index (χ3v) is 4.10. The molecule has 0 unspecified atom stereocenters. The van der Waals surface area contributed by atoms with E-state index < -0.39 is 0 Å². The number of hydrogen-bond donors (Lipinski definition) is 1. The van der Waals surface area contributed by atoms with Gasteiger partial charge in [0.25, 0.3) is 0 Å². The lowest BCUT2D eigenvalue weighted by atomic mass is 9.99. The van der Waals surface area contributed by atoms with Gasteiger partial charge in [0.05, 0.1) is 18.2 Å². The van der Waals surface area contributed by atoms with Crippen LogP contribution in [-0.2, 0) is 0 Å². The van der Waals surface area contributed by atoms with Gasteiger partial charge in [0, 0.05) is 16.7 Å². The predicted octanol–water partition coefficient (Wildman–Crippen LogP) is 3.95. The molecular weight excluding hydrogens is 312 g/mol. The minimum Gasteiger partial charge on any atom is -0.496 e. The Morgan fingerprint density at radius 2 is 1.64 bits per heavy atom. The quantitative estimate of drug-likeness (QED) is 0.616. The molecule has 2 aromatic heterocycles. The number of anilines is 1. The summed E-state index contributed by atoms with van der Waals surface area (Å²) >= 11 is 0. The van der Waals surface area contributed by atoms with Crippen molar-refractivity contribution >= 4 is 16.9 Å². The SMILES string of the molecule is COc1ccccc1-c1cc(-c2ccccc2)nc2ncnc(N)c12. The molecule has 25 heavy (non-hydrogen) atoms. The summed E-state index contributed by atoms with van der Waals surface area (Å²) in [4.78, 5) is 13.1. The third-order valence-electron chi connectivity index (χ3n) is 4.10. The van der Waals surface area contributed by atoms with Crippen molar-refractivity contribution in [3.8, 4) is 28.1 Å². The average Bonchev–Trinajstić information content (AvgIpc) is 2.68. The minimum atomic E-state index is 0.401. The van der Waals surface area contributed by atoms with Gasteiger partial charge in [0.15, 0.2) is 5.65 Å². The van der Waals surface area contributed by atoms with Crippen LogP contribution in [0.4, 0.5) is 5.82 Å². The van der Waals surface area contributed by atoms with Gasteiger partial charge in [-0.3, -0.25) is 0 Å². The van der Waals surface area contributed by atoms with Gasteiger partial charge < -0.3 is 10.5 Å². The number of nitrogen functional groups attached to an aromatic ring is 1. The highest BCUT2D eigenvalue weighted by molar-refractivity contribution is 6.02. The maximum atomic E-state index is 6.14. The first kappa shape index (κ1) is 15.1. The summed E-state index contributed by atoms with van der Waals surface area (Å²) < 4.78 is 5.53. The van der Waals surface area contributed by atoms with Gasteiger partial charge >= 0.3 is 0 Å². The minimum absolute atomic E-state index is 0.401. The van der Waals surface area contributed by atoms with E-state index >= 15 is 0 Å². The monoisotopic (exact) mass is 328 g/mol. The Morgan fingerprint density at radius 3 is 2.44 bits per heavy atom. The van der Waals surface area contributed by atoms with Gasteiger partial charge in [-0.25, -0.2) is 15.0 Å². The summed E-state index contributed by atoms with van der Waals surface area (Å²) in [5.74, 6) is 1.16. The number of hydrogen-bond acceptors (Lipinski definition) is 5. The molecule has 0 radical (unpaired) electrons. The molecule has 4 rings (SSSR count). The molecule has 0 aliphatic heterocycles. The molecule has 2 heterocycles. The Hall–Kier alpha value is -3.47. The molecule has 0 spiro atoms.